The summed E-state index contributed by atoms with van der Waals surface area (Å²) < 4.78 is 11.2. The molecule has 3 N–H and O–H groups in total. The summed E-state index contributed by atoms with van der Waals surface area (Å²) in [5.41, 5.74) is 4.36. The van der Waals surface area contributed by atoms with E-state index in [4.69, 9.17) is 14.1 Å². The van der Waals surface area contributed by atoms with Crippen molar-refractivity contribution in [3.05, 3.63) is 70.7 Å². The first-order valence-corrected chi connectivity index (χ1v) is 13.7. The summed E-state index contributed by atoms with van der Waals surface area (Å²) in [5, 5.41) is 14.4. The number of anilines is 1. The van der Waals surface area contributed by atoms with Crippen LogP contribution < -0.4 is 21.1 Å². The van der Waals surface area contributed by atoms with Crippen molar-refractivity contribution in [1.29, 1.82) is 0 Å². The van der Waals surface area contributed by atoms with E-state index >= 15 is 0 Å². The van der Waals surface area contributed by atoms with Gasteiger partial charge in [0.2, 0.25) is 5.88 Å². The number of pyridine rings is 2. The van der Waals surface area contributed by atoms with Crippen molar-refractivity contribution < 1.29 is 13.9 Å². The van der Waals surface area contributed by atoms with Gasteiger partial charge >= 0.3 is 11.8 Å². The molecule has 1 aliphatic rings. The van der Waals surface area contributed by atoms with E-state index in [1.54, 1.807) is 18.3 Å². The first-order valence-electron chi connectivity index (χ1n) is 12.8. The minimum absolute atomic E-state index is 0.0489. The first kappa shape index (κ1) is 25.4. The molecule has 4 aromatic heterocycles. The van der Waals surface area contributed by atoms with E-state index in [2.05, 4.69) is 30.8 Å². The van der Waals surface area contributed by atoms with Crippen LogP contribution in [0.2, 0.25) is 0 Å². The summed E-state index contributed by atoms with van der Waals surface area (Å²) in [6, 6.07) is 14.9. The van der Waals surface area contributed by atoms with Crippen LogP contribution in [0.25, 0.3) is 44.5 Å². The molecule has 1 saturated carbocycles. The van der Waals surface area contributed by atoms with Crippen molar-refractivity contribution in [1.82, 2.24) is 30.5 Å². The van der Waals surface area contributed by atoms with Gasteiger partial charge in [0.15, 0.2) is 0 Å². The van der Waals surface area contributed by atoms with E-state index in [0.29, 0.717) is 42.0 Å². The molecule has 11 nitrogen and oxygen atoms in total. The van der Waals surface area contributed by atoms with Crippen LogP contribution in [-0.4, -0.2) is 44.3 Å². The maximum absolute atomic E-state index is 12.2. The Balaban J connectivity index is 1.46. The quantitative estimate of drug-likeness (QED) is 0.225. The van der Waals surface area contributed by atoms with Crippen molar-refractivity contribution in [2.75, 3.05) is 18.5 Å². The summed E-state index contributed by atoms with van der Waals surface area (Å²) in [6.07, 6.45) is 3.93. The summed E-state index contributed by atoms with van der Waals surface area (Å²) in [7, 11) is 0. The van der Waals surface area contributed by atoms with E-state index < -0.39 is 5.76 Å². The third-order valence-electron chi connectivity index (χ3n) is 6.22. The Kier molecular flexibility index (Phi) is 7.06. The van der Waals surface area contributed by atoms with Gasteiger partial charge in [-0.2, -0.15) is 0 Å². The largest absolute Gasteiger partial charge is 0.477 e. The van der Waals surface area contributed by atoms with Crippen LogP contribution in [0, 0.1) is 5.92 Å². The van der Waals surface area contributed by atoms with Crippen LogP contribution in [-0.2, 0) is 0 Å². The van der Waals surface area contributed by atoms with Crippen molar-refractivity contribution in [2.45, 2.75) is 19.8 Å². The highest BCUT2D eigenvalue weighted by Gasteiger charge is 2.23. The van der Waals surface area contributed by atoms with Gasteiger partial charge in [0, 0.05) is 40.9 Å². The molecule has 0 unspecified atom stereocenters. The molecule has 0 atom stereocenters. The standard InChI is InChI=1S/C28H25N7O4S/c1-2-29-27(36)33-23-12-19(26-32-22(15-40-26)17-6-4-3-5-7-17)20(13-30-23)18-10-21(25-34-35-28(37)39-25)31-24(11-18)38-14-16-8-9-16/h3-7,10-13,15-16H,2,8-9,14H2,1H3,(H,35,37)(H2,29,30,33,36). The molecular formula is C28H25N7O4S. The monoisotopic (exact) mass is 555 g/mol. The number of ether oxygens (including phenoxy) is 1. The van der Waals surface area contributed by atoms with Crippen LogP contribution in [0.5, 0.6) is 5.88 Å². The van der Waals surface area contributed by atoms with Gasteiger partial charge in [-0.05, 0) is 43.4 Å². The molecule has 4 heterocycles. The predicted molar refractivity (Wildman–Crippen MR) is 151 cm³/mol. The average Bonchev–Trinajstić information content (AvgIpc) is 3.48. The van der Waals surface area contributed by atoms with Gasteiger partial charge in [-0.15, -0.1) is 16.4 Å². The zero-order valence-electron chi connectivity index (χ0n) is 21.5. The average molecular weight is 556 g/mol. The van der Waals surface area contributed by atoms with Crippen molar-refractivity contribution >= 4 is 23.2 Å². The number of hydrogen-bond donors (Lipinski definition) is 3. The second-order valence-corrected chi connectivity index (χ2v) is 10.1. The number of thiazole rings is 1. The van der Waals surface area contributed by atoms with E-state index in [0.717, 1.165) is 40.2 Å². The first-order chi connectivity index (χ1) is 19.6. The molecule has 5 aromatic rings. The van der Waals surface area contributed by atoms with E-state index in [1.165, 1.54) is 11.3 Å². The molecule has 0 aliphatic heterocycles. The number of rotatable bonds is 9. The number of aromatic amines is 1. The number of nitrogens with one attached hydrogen (secondary N) is 3. The highest BCUT2D eigenvalue weighted by molar-refractivity contribution is 7.13. The number of H-pyrrole nitrogens is 1. The number of hydrogen-bond acceptors (Lipinski definition) is 9. The van der Waals surface area contributed by atoms with Gasteiger partial charge < -0.3 is 14.5 Å². The normalized spacial score (nSPS) is 12.7. The summed E-state index contributed by atoms with van der Waals surface area (Å²) in [5.74, 6) is 0.638. The zero-order chi connectivity index (χ0) is 27.5. The summed E-state index contributed by atoms with van der Waals surface area (Å²) in [6.45, 7) is 2.87. The fourth-order valence-corrected chi connectivity index (χ4v) is 4.92. The Bertz CT molecular complexity index is 1710. The van der Waals surface area contributed by atoms with Crippen LogP contribution in [0.1, 0.15) is 19.8 Å². The van der Waals surface area contributed by atoms with Crippen LogP contribution >= 0.6 is 11.3 Å². The van der Waals surface area contributed by atoms with Crippen LogP contribution in [0.3, 0.4) is 0 Å². The number of carbonyl (C=O) groups is 1. The van der Waals surface area contributed by atoms with Crippen LogP contribution in [0.4, 0.5) is 10.6 Å². The second-order valence-electron chi connectivity index (χ2n) is 9.26. The van der Waals surface area contributed by atoms with Gasteiger partial charge in [0.05, 0.1) is 12.3 Å². The third-order valence-corrected chi connectivity index (χ3v) is 7.10. The van der Waals surface area contributed by atoms with Crippen molar-refractivity contribution in [3.8, 4) is 50.4 Å². The van der Waals surface area contributed by atoms with Gasteiger partial charge in [0.25, 0.3) is 5.89 Å². The summed E-state index contributed by atoms with van der Waals surface area (Å²) >= 11 is 1.48. The molecule has 1 aromatic carbocycles. The Morgan fingerprint density at radius 3 is 2.70 bits per heavy atom. The molecule has 2 amide bonds. The highest BCUT2D eigenvalue weighted by atomic mass is 32.1. The van der Waals surface area contributed by atoms with E-state index in [-0.39, 0.29) is 11.9 Å². The fourth-order valence-electron chi connectivity index (χ4n) is 4.06. The molecule has 0 saturated heterocycles. The Morgan fingerprint density at radius 2 is 1.95 bits per heavy atom. The van der Waals surface area contributed by atoms with Gasteiger partial charge in [0.1, 0.15) is 16.5 Å². The smallest absolute Gasteiger partial charge is 0.434 e. The molecule has 0 bridgehead atoms. The van der Waals surface area contributed by atoms with Gasteiger partial charge in [-0.3, -0.25) is 5.32 Å². The van der Waals surface area contributed by atoms with E-state index in [9.17, 15) is 9.59 Å². The second kappa shape index (κ2) is 11.1. The zero-order valence-corrected chi connectivity index (χ0v) is 22.3. The minimum atomic E-state index is -0.679. The lowest BCUT2D eigenvalue weighted by Gasteiger charge is -2.13. The summed E-state index contributed by atoms with van der Waals surface area (Å²) in [4.78, 5) is 37.8. The molecule has 0 radical (unpaired) electrons. The van der Waals surface area contributed by atoms with Crippen LogP contribution in [0.15, 0.2) is 69.3 Å². The minimum Gasteiger partial charge on any atom is -0.477 e. The predicted octanol–water partition coefficient (Wildman–Crippen LogP) is 5.21. The lowest BCUT2D eigenvalue weighted by atomic mass is 10.0. The highest BCUT2D eigenvalue weighted by Crippen LogP contribution is 2.39. The number of aromatic nitrogens is 5. The lowest BCUT2D eigenvalue weighted by molar-refractivity contribution is 0.252. The SMILES string of the molecule is CCNC(=O)Nc1cc(-c2nc(-c3ccccc3)cs2)c(-c2cc(OCC3CC3)nc(-c3n[nH]c(=O)o3)c2)cn1. The maximum Gasteiger partial charge on any atom is 0.434 e. The maximum atomic E-state index is 12.2. The molecular weight excluding hydrogens is 530 g/mol. The fraction of sp³-hybridized carbons (Fsp3) is 0.214. The Morgan fingerprint density at radius 1 is 1.10 bits per heavy atom. The number of urea groups is 1. The van der Waals surface area contributed by atoms with Crippen molar-refractivity contribution in [3.63, 3.8) is 0 Å². The molecule has 6 rings (SSSR count). The Hall–Kier alpha value is -4.84. The number of amides is 2. The number of benzene rings is 1. The van der Waals surface area contributed by atoms with Gasteiger partial charge in [-0.25, -0.2) is 29.6 Å². The molecule has 1 aliphatic carbocycles. The molecule has 0 spiro atoms. The molecule has 40 heavy (non-hydrogen) atoms. The number of nitrogens with zero attached hydrogens (tertiary/aromatic N) is 4. The molecule has 202 valence electrons. The van der Waals surface area contributed by atoms with Gasteiger partial charge in [-0.1, -0.05) is 30.3 Å². The van der Waals surface area contributed by atoms with E-state index in [1.807, 2.05) is 48.7 Å². The van der Waals surface area contributed by atoms with Crippen molar-refractivity contribution in [2.24, 2.45) is 5.92 Å². The number of carbonyl (C=O) groups excluding carboxylic acids is 1. The molecule has 12 heteroatoms. The molecule has 1 fully saturated rings. The third kappa shape index (κ3) is 5.76. The topological polar surface area (TPSA) is 148 Å². The Labute approximate surface area is 232 Å². The lowest BCUT2D eigenvalue weighted by Crippen LogP contribution is -2.28.